The third-order valence-corrected chi connectivity index (χ3v) is 18.8. The molecule has 0 aromatic heterocycles. The highest BCUT2D eigenvalue weighted by Crippen LogP contribution is 2.20. The van der Waals surface area contributed by atoms with Crippen LogP contribution in [0.25, 0.3) is 0 Å². The molecule has 726 valence electrons. The van der Waals surface area contributed by atoms with Crippen LogP contribution in [0.3, 0.4) is 0 Å². The van der Waals surface area contributed by atoms with Gasteiger partial charge >= 0.3 is 36.4 Å². The van der Waals surface area contributed by atoms with Crippen LogP contribution in [0.4, 0.5) is 24.0 Å². The predicted octanol–water partition coefficient (Wildman–Crippen LogP) is 2.98. The molecule has 3 unspecified atom stereocenters. The number of ketones is 2. The largest absolute Gasteiger partial charge is 0.463 e. The Balaban J connectivity index is 3.09. The zero-order chi connectivity index (χ0) is 97.2. The summed E-state index contributed by atoms with van der Waals surface area (Å²) in [6.45, 7) is 30.9. The lowest BCUT2D eigenvalue weighted by molar-refractivity contribution is -0.149. The molecule has 0 aliphatic carbocycles. The van der Waals surface area contributed by atoms with Gasteiger partial charge in [-0.2, -0.15) is 0 Å². The van der Waals surface area contributed by atoms with Gasteiger partial charge in [0.2, 0.25) is 53.2 Å². The number of amides is 14. The van der Waals surface area contributed by atoms with E-state index in [1.807, 2.05) is 6.92 Å². The van der Waals surface area contributed by atoms with E-state index >= 15 is 19.2 Å². The van der Waals surface area contributed by atoms with Crippen LogP contribution in [0.15, 0.2) is 30.3 Å². The Hall–Kier alpha value is -10.6. The van der Waals surface area contributed by atoms with E-state index in [4.69, 9.17) is 34.2 Å². The minimum atomic E-state index is -1.99. The first-order valence-corrected chi connectivity index (χ1v) is 44.0. The third kappa shape index (κ3) is 49.7. The number of esters is 1. The number of rotatable bonds is 39. The lowest BCUT2D eigenvalue weighted by Gasteiger charge is -2.29. The summed E-state index contributed by atoms with van der Waals surface area (Å²) in [4.78, 5) is 241. The average Bonchev–Trinajstić information content (AvgIpc) is 0.944. The van der Waals surface area contributed by atoms with Gasteiger partial charge in [0.15, 0.2) is 11.6 Å². The van der Waals surface area contributed by atoms with E-state index < -0.39 is 259 Å². The van der Waals surface area contributed by atoms with Crippen molar-refractivity contribution in [1.29, 1.82) is 0 Å². The zero-order valence-corrected chi connectivity index (χ0v) is 78.7. The summed E-state index contributed by atoms with van der Waals surface area (Å²) in [5.41, 5.74) is 1.49. The SMILES string of the molecule is CCCC(C)OC(=O)CCC(=O)N[C@@H](CCN)C(=O)N[C@@H](CCNC(=O)OC(C)(C)C)C(=O)N[C@H](C(=O)N[C@@H](CCNC(=O)OC(C)(C)C)C(=O)C[C@H]1CCNC(=O)[C@H](C(C)O)NC(=O)[C@H](CCNC(=O)OC(C)(C)C)CC(=O)[C@H](CCNC(=O)OC(C)(C)C)NC(=O)[C@H](CC(C)C)NC(=O)[C@@H](Cc2ccccc2)NC(=O)[C@H](CCNC(=O)OC(C)(C)C)NC1)C(C)O. The predicted molar refractivity (Wildman–Crippen MR) is 472 cm³/mol. The molecule has 14 amide bonds. The van der Waals surface area contributed by atoms with E-state index in [0.717, 1.165) is 13.3 Å². The number of alkyl carbamates (subject to hydrolysis) is 5. The summed E-state index contributed by atoms with van der Waals surface area (Å²) in [5, 5.41) is 62.3. The number of carbonyl (C=O) groups excluding carboxylic acids is 17. The fourth-order valence-corrected chi connectivity index (χ4v) is 12.8. The summed E-state index contributed by atoms with van der Waals surface area (Å²) in [6.07, 6.45) is -11.7. The molecule has 1 aromatic rings. The van der Waals surface area contributed by atoms with Crippen molar-refractivity contribution in [3.63, 3.8) is 0 Å². The molecule has 0 spiro atoms. The van der Waals surface area contributed by atoms with Crippen LogP contribution in [0, 0.1) is 17.8 Å². The number of hydrogen-bond acceptors (Lipinski definition) is 27. The van der Waals surface area contributed by atoms with Crippen molar-refractivity contribution in [2.75, 3.05) is 52.4 Å². The van der Waals surface area contributed by atoms with E-state index in [9.17, 15) is 72.5 Å². The molecule has 19 N–H and O–H groups in total. The molecule has 0 saturated carbocycles. The van der Waals surface area contributed by atoms with E-state index in [1.54, 1.807) is 155 Å². The number of nitrogens with two attached hydrogens (primary N) is 1. The molecular weight excluding hydrogens is 1670 g/mol. The number of carbonyl (C=O) groups is 17. The van der Waals surface area contributed by atoms with Crippen molar-refractivity contribution in [2.24, 2.45) is 23.5 Å². The highest BCUT2D eigenvalue weighted by Gasteiger charge is 2.39. The fourth-order valence-electron chi connectivity index (χ4n) is 12.8. The molecule has 41 nitrogen and oxygen atoms in total. The van der Waals surface area contributed by atoms with Gasteiger partial charge in [0.1, 0.15) is 64.3 Å². The lowest BCUT2D eigenvalue weighted by atomic mass is 9.92. The lowest BCUT2D eigenvalue weighted by Crippen LogP contribution is -2.60. The number of aliphatic hydroxyl groups is 2. The van der Waals surface area contributed by atoms with Crippen LogP contribution in [0.2, 0.25) is 0 Å². The number of benzene rings is 1. The number of hydrogen-bond donors (Lipinski definition) is 18. The van der Waals surface area contributed by atoms with Crippen LogP contribution in [0.1, 0.15) is 241 Å². The molecule has 2 rings (SSSR count). The molecule has 1 heterocycles. The molecule has 0 radical (unpaired) electrons. The van der Waals surface area contributed by atoms with Gasteiger partial charge in [0.05, 0.1) is 42.9 Å². The molecule has 1 aromatic carbocycles. The second-order valence-electron chi connectivity index (χ2n) is 37.4. The number of Topliss-reactive ketones (excluding diaryl/α,β-unsaturated/α-hetero) is 2. The highest BCUT2D eigenvalue weighted by atomic mass is 16.6. The standard InChI is InChI=1S/C87H148N16O25/c1-22-26-51(4)123-67(109)30-29-66(108)96-60(31-38-88)72(112)99-61(37-44-94-82(122)128-87(19,20)21)73(113)103-69(53(6)105)77(117)98-57(34-41-91-79(119)125-84(10,11)12)64(106)47-55-32-39-89-76(116)68(52(5)104)102-70(110)56(33-40-90-78(118)124-83(7,8)9)48-65(107)58(35-42-92-80(120)126-85(13,14)15)97-74(114)62(45-50(2)3)100-75(115)63(46-54-27-24-23-25-28-54)101-71(111)59(95-49-55)36-43-93-81(121)127-86(16,17)18/h23-25,27-28,50-53,55-63,68-69,95,104-105H,22,26,29-49,88H2,1-21H3,(H,89,116)(H,90,118)(H,91,119)(H,92,120)(H,93,121)(H,94,122)(H,96,108)(H,97,114)(H,98,117)(H,99,112)(H,100,115)(H,101,111)(H,102,110)(H,103,113)/t51?,52?,53?,55-,56-,57+,58+,59+,60+,61+,62+,63-,68+,69+/m1/s1. The molecule has 41 heteroatoms. The van der Waals surface area contributed by atoms with Crippen molar-refractivity contribution in [1.82, 2.24) is 79.8 Å². The Morgan fingerprint density at radius 3 is 1.42 bits per heavy atom. The second-order valence-corrected chi connectivity index (χ2v) is 37.4. The highest BCUT2D eigenvalue weighted by molar-refractivity contribution is 5.99. The molecule has 1 fully saturated rings. The molecule has 14 atom stereocenters. The average molecular weight is 1820 g/mol. The summed E-state index contributed by atoms with van der Waals surface area (Å²) < 4.78 is 32.5. The zero-order valence-electron chi connectivity index (χ0n) is 78.7. The van der Waals surface area contributed by atoms with Crippen molar-refractivity contribution in [3.05, 3.63) is 35.9 Å². The van der Waals surface area contributed by atoms with Crippen LogP contribution in [-0.4, -0.2) is 264 Å². The molecule has 128 heavy (non-hydrogen) atoms. The van der Waals surface area contributed by atoms with Crippen LogP contribution < -0.4 is 85.5 Å². The van der Waals surface area contributed by atoms with E-state index in [1.165, 1.54) is 6.92 Å². The Morgan fingerprint density at radius 2 is 0.938 bits per heavy atom. The summed E-state index contributed by atoms with van der Waals surface area (Å²) in [5.74, 6) is -14.0. The van der Waals surface area contributed by atoms with E-state index in [0.29, 0.717) is 12.0 Å². The maximum atomic E-state index is 15.5. The monoisotopic (exact) mass is 1820 g/mol. The van der Waals surface area contributed by atoms with Gasteiger partial charge in [0.25, 0.3) is 0 Å². The van der Waals surface area contributed by atoms with Gasteiger partial charge in [-0.25, -0.2) is 24.0 Å². The van der Waals surface area contributed by atoms with Gasteiger partial charge in [-0.1, -0.05) is 57.5 Å². The van der Waals surface area contributed by atoms with Crippen molar-refractivity contribution >= 4 is 101 Å². The van der Waals surface area contributed by atoms with E-state index in [-0.39, 0.29) is 96.6 Å². The number of ether oxygens (including phenoxy) is 6. The van der Waals surface area contributed by atoms with Crippen molar-refractivity contribution in [3.8, 4) is 0 Å². The van der Waals surface area contributed by atoms with Crippen LogP contribution in [0.5, 0.6) is 0 Å². The van der Waals surface area contributed by atoms with Crippen LogP contribution in [-0.2, 0) is 92.4 Å². The molecule has 1 aliphatic heterocycles. The third-order valence-electron chi connectivity index (χ3n) is 18.8. The Bertz CT molecular complexity index is 3800. The Morgan fingerprint density at radius 1 is 0.492 bits per heavy atom. The normalized spacial score (nSPS) is 19.7. The topological polar surface area (TPSA) is 592 Å². The van der Waals surface area contributed by atoms with Gasteiger partial charge in [0, 0.05) is 70.9 Å². The summed E-state index contributed by atoms with van der Waals surface area (Å²) >= 11 is 0. The Kier molecular flexibility index (Phi) is 49.1. The number of aliphatic hydroxyl groups excluding tert-OH is 2. The summed E-state index contributed by atoms with van der Waals surface area (Å²) in [7, 11) is 0. The minimum Gasteiger partial charge on any atom is -0.463 e. The van der Waals surface area contributed by atoms with Gasteiger partial charge < -0.3 is 124 Å². The fraction of sp³-hybridized carbons (Fsp3) is 0.736. The molecule has 0 bridgehead atoms. The first-order chi connectivity index (χ1) is 59.4. The molecular formula is C87H148N16O25. The molecule has 1 saturated heterocycles. The van der Waals surface area contributed by atoms with Crippen molar-refractivity contribution in [2.45, 2.75) is 342 Å². The minimum absolute atomic E-state index is 0.0718. The maximum Gasteiger partial charge on any atom is 0.407 e. The van der Waals surface area contributed by atoms with Gasteiger partial charge in [-0.3, -0.25) is 57.5 Å². The van der Waals surface area contributed by atoms with Crippen LogP contribution >= 0.6 is 0 Å². The summed E-state index contributed by atoms with van der Waals surface area (Å²) in [6, 6.07) is -6.09. The van der Waals surface area contributed by atoms with Crippen molar-refractivity contribution < 1.29 is 120 Å². The smallest absolute Gasteiger partial charge is 0.407 e. The first-order valence-electron chi connectivity index (χ1n) is 44.0. The van der Waals surface area contributed by atoms with Gasteiger partial charge in [-0.05, 0) is 213 Å². The van der Waals surface area contributed by atoms with E-state index in [2.05, 4.69) is 79.8 Å². The first kappa shape index (κ1) is 114. The van der Waals surface area contributed by atoms with Gasteiger partial charge in [-0.15, -0.1) is 0 Å². The molecule has 1 aliphatic rings. The number of nitrogens with one attached hydrogen (secondary N) is 15. The second kappa shape index (κ2) is 55.4. The maximum absolute atomic E-state index is 15.5. The quantitative estimate of drug-likeness (QED) is 0.0333. The Labute approximate surface area is 752 Å².